The molecular formula is C8H14N4O2S. The van der Waals surface area contributed by atoms with Crippen LogP contribution >= 0.6 is 11.8 Å². The molecule has 1 aromatic heterocycles. The Labute approximate surface area is 91.1 Å². The molecule has 0 radical (unpaired) electrons. The van der Waals surface area contributed by atoms with Gasteiger partial charge in [0.1, 0.15) is 0 Å². The molecule has 1 aromatic rings. The number of aromatic nitrogens is 3. The summed E-state index contributed by atoms with van der Waals surface area (Å²) in [6, 6.07) is 0. The molecule has 0 aliphatic heterocycles. The predicted octanol–water partition coefficient (Wildman–Crippen LogP) is -0.503. The predicted molar refractivity (Wildman–Crippen MR) is 59.5 cm³/mol. The third kappa shape index (κ3) is 2.41. The van der Waals surface area contributed by atoms with E-state index in [0.29, 0.717) is 6.54 Å². The summed E-state index contributed by atoms with van der Waals surface area (Å²) in [6.45, 7) is 4.15. The van der Waals surface area contributed by atoms with Crippen molar-refractivity contribution < 1.29 is 0 Å². The monoisotopic (exact) mass is 230 g/mol. The highest BCUT2D eigenvalue weighted by Gasteiger charge is 2.10. The van der Waals surface area contributed by atoms with E-state index in [9.17, 15) is 9.59 Å². The van der Waals surface area contributed by atoms with Gasteiger partial charge in [-0.3, -0.25) is 0 Å². The molecule has 0 saturated heterocycles. The van der Waals surface area contributed by atoms with Gasteiger partial charge in [-0.15, -0.1) is 0 Å². The number of rotatable bonds is 3. The Balaban J connectivity index is 3.37. The lowest BCUT2D eigenvalue weighted by Crippen LogP contribution is -2.46. The Morgan fingerprint density at radius 2 is 2.07 bits per heavy atom. The summed E-state index contributed by atoms with van der Waals surface area (Å²) < 4.78 is 1.94. The Hall–Kier alpha value is -1.24. The van der Waals surface area contributed by atoms with Crippen LogP contribution in [0, 0.1) is 5.92 Å². The molecule has 0 bridgehead atoms. The van der Waals surface area contributed by atoms with Crippen molar-refractivity contribution in [3.8, 4) is 0 Å². The smallest absolute Gasteiger partial charge is 0.333 e. The first-order valence-corrected chi connectivity index (χ1v) is 5.72. The molecule has 84 valence electrons. The number of thioether (sulfide) groups is 1. The van der Waals surface area contributed by atoms with Gasteiger partial charge in [0.2, 0.25) is 0 Å². The summed E-state index contributed by atoms with van der Waals surface area (Å²) in [6.07, 6.45) is 1.71. The summed E-state index contributed by atoms with van der Waals surface area (Å²) in [5, 5.41) is 0.227. The molecule has 0 fully saturated rings. The van der Waals surface area contributed by atoms with Crippen LogP contribution in [0.1, 0.15) is 13.8 Å². The van der Waals surface area contributed by atoms with Crippen molar-refractivity contribution in [2.45, 2.75) is 25.5 Å². The first-order chi connectivity index (χ1) is 6.97. The van der Waals surface area contributed by atoms with Crippen LogP contribution in [0.2, 0.25) is 0 Å². The van der Waals surface area contributed by atoms with Gasteiger partial charge in [-0.1, -0.05) is 25.6 Å². The minimum absolute atomic E-state index is 0.192. The lowest BCUT2D eigenvalue weighted by Gasteiger charge is -2.09. The van der Waals surface area contributed by atoms with Crippen molar-refractivity contribution in [2.75, 3.05) is 12.1 Å². The van der Waals surface area contributed by atoms with Gasteiger partial charge < -0.3 is 5.84 Å². The van der Waals surface area contributed by atoms with Crippen LogP contribution in [0.15, 0.2) is 14.7 Å². The van der Waals surface area contributed by atoms with E-state index in [2.05, 4.69) is 4.98 Å². The molecule has 0 aromatic carbocycles. The molecule has 0 spiro atoms. The van der Waals surface area contributed by atoms with Gasteiger partial charge in [0, 0.05) is 6.54 Å². The fraction of sp³-hybridized carbons (Fsp3) is 0.625. The second kappa shape index (κ2) is 4.52. The molecule has 0 unspecified atom stereocenters. The van der Waals surface area contributed by atoms with Crippen molar-refractivity contribution in [1.29, 1.82) is 0 Å². The van der Waals surface area contributed by atoms with Crippen molar-refractivity contribution in [2.24, 2.45) is 5.92 Å². The molecule has 15 heavy (non-hydrogen) atoms. The average Bonchev–Trinajstić information content (AvgIpc) is 2.18. The van der Waals surface area contributed by atoms with Crippen LogP contribution in [0.25, 0.3) is 0 Å². The third-order valence-corrected chi connectivity index (χ3v) is 2.45. The van der Waals surface area contributed by atoms with Crippen LogP contribution in [0.5, 0.6) is 0 Å². The van der Waals surface area contributed by atoms with Gasteiger partial charge in [0.25, 0.3) is 0 Å². The SMILES string of the molecule is CSc1nc(=O)n(CC(C)C)c(=O)n1N. The highest BCUT2D eigenvalue weighted by molar-refractivity contribution is 7.98. The molecule has 0 saturated carbocycles. The van der Waals surface area contributed by atoms with E-state index in [1.807, 2.05) is 13.8 Å². The minimum atomic E-state index is -0.542. The molecule has 1 rings (SSSR count). The van der Waals surface area contributed by atoms with Crippen LogP contribution in [0.3, 0.4) is 0 Å². The Morgan fingerprint density at radius 3 is 2.53 bits per heavy atom. The fourth-order valence-electron chi connectivity index (χ4n) is 1.16. The van der Waals surface area contributed by atoms with E-state index in [1.165, 1.54) is 0 Å². The lowest BCUT2D eigenvalue weighted by atomic mass is 10.2. The number of hydrogen-bond acceptors (Lipinski definition) is 5. The van der Waals surface area contributed by atoms with Crippen molar-refractivity contribution in [3.63, 3.8) is 0 Å². The minimum Gasteiger partial charge on any atom is -0.333 e. The molecule has 1 heterocycles. The quantitative estimate of drug-likeness (QED) is 0.559. The zero-order valence-corrected chi connectivity index (χ0v) is 9.74. The van der Waals surface area contributed by atoms with E-state index < -0.39 is 11.4 Å². The number of hydrogen-bond donors (Lipinski definition) is 1. The second-order valence-electron chi connectivity index (χ2n) is 3.54. The molecule has 0 aliphatic rings. The number of nitrogen functional groups attached to an aromatic ring is 1. The van der Waals surface area contributed by atoms with Crippen molar-refractivity contribution in [3.05, 3.63) is 21.0 Å². The van der Waals surface area contributed by atoms with Crippen LogP contribution in [-0.2, 0) is 6.54 Å². The zero-order chi connectivity index (χ0) is 11.6. The maximum atomic E-state index is 11.7. The molecule has 0 amide bonds. The first-order valence-electron chi connectivity index (χ1n) is 4.50. The van der Waals surface area contributed by atoms with Gasteiger partial charge in [-0.05, 0) is 12.2 Å². The maximum absolute atomic E-state index is 11.7. The Kier molecular flexibility index (Phi) is 3.57. The number of nitrogens with two attached hydrogens (primary N) is 1. The standard InChI is InChI=1S/C8H14N4O2S/c1-5(2)4-11-6(13)10-7(15-3)12(9)8(11)14/h5H,4,9H2,1-3H3. The summed E-state index contributed by atoms with van der Waals surface area (Å²) in [5.74, 6) is 5.69. The molecule has 0 aliphatic carbocycles. The topological polar surface area (TPSA) is 82.9 Å². The van der Waals surface area contributed by atoms with E-state index in [4.69, 9.17) is 5.84 Å². The van der Waals surface area contributed by atoms with Crippen molar-refractivity contribution in [1.82, 2.24) is 14.2 Å². The zero-order valence-electron chi connectivity index (χ0n) is 8.93. The van der Waals surface area contributed by atoms with E-state index >= 15 is 0 Å². The summed E-state index contributed by atoms with van der Waals surface area (Å²) in [5.41, 5.74) is -1.06. The molecule has 2 N–H and O–H groups in total. The third-order valence-electron chi connectivity index (χ3n) is 1.80. The molecule has 0 atom stereocenters. The molecule has 6 nitrogen and oxygen atoms in total. The van der Waals surface area contributed by atoms with E-state index in [-0.39, 0.29) is 11.1 Å². The van der Waals surface area contributed by atoms with Gasteiger partial charge >= 0.3 is 11.4 Å². The van der Waals surface area contributed by atoms with E-state index in [1.54, 1.807) is 6.26 Å². The Bertz CT molecular complexity index is 463. The highest BCUT2D eigenvalue weighted by atomic mass is 32.2. The summed E-state index contributed by atoms with van der Waals surface area (Å²) in [4.78, 5) is 26.8. The normalized spacial score (nSPS) is 10.9. The largest absolute Gasteiger partial charge is 0.354 e. The van der Waals surface area contributed by atoms with Gasteiger partial charge in [-0.25, -0.2) is 14.2 Å². The first kappa shape index (κ1) is 11.8. The average molecular weight is 230 g/mol. The van der Waals surface area contributed by atoms with Crippen LogP contribution < -0.4 is 17.2 Å². The van der Waals surface area contributed by atoms with E-state index in [0.717, 1.165) is 21.0 Å². The highest BCUT2D eigenvalue weighted by Crippen LogP contribution is 2.03. The van der Waals surface area contributed by atoms with Crippen LogP contribution in [-0.4, -0.2) is 20.5 Å². The van der Waals surface area contributed by atoms with Gasteiger partial charge in [-0.2, -0.15) is 9.66 Å². The van der Waals surface area contributed by atoms with Crippen molar-refractivity contribution >= 4 is 11.8 Å². The maximum Gasteiger partial charge on any atom is 0.354 e. The lowest BCUT2D eigenvalue weighted by molar-refractivity contribution is 0.457. The summed E-state index contributed by atoms with van der Waals surface area (Å²) in [7, 11) is 0. The second-order valence-corrected chi connectivity index (χ2v) is 4.31. The fourth-order valence-corrected chi connectivity index (χ4v) is 1.60. The van der Waals surface area contributed by atoms with Gasteiger partial charge in [0.05, 0.1) is 0 Å². The summed E-state index contributed by atoms with van der Waals surface area (Å²) >= 11 is 1.16. The molecule has 7 heteroatoms. The van der Waals surface area contributed by atoms with Crippen LogP contribution in [0.4, 0.5) is 0 Å². The number of nitrogens with zero attached hydrogens (tertiary/aromatic N) is 3. The molecular weight excluding hydrogens is 216 g/mol. The van der Waals surface area contributed by atoms with Gasteiger partial charge in [0.15, 0.2) is 5.16 Å². The Morgan fingerprint density at radius 1 is 1.47 bits per heavy atom.